The van der Waals surface area contributed by atoms with E-state index in [9.17, 15) is 9.59 Å². The SMILES string of the molecule is C[C@H]1CCc2c(sc(NC(=S)NC(=O)c3ccc(-c4ccc(Br)cc4)o3)c2C(N)=O)C1. The van der Waals surface area contributed by atoms with Gasteiger partial charge >= 0.3 is 0 Å². The number of halogens is 1. The van der Waals surface area contributed by atoms with Crippen LogP contribution in [0, 0.1) is 5.92 Å². The third kappa shape index (κ3) is 4.73. The molecule has 0 saturated heterocycles. The summed E-state index contributed by atoms with van der Waals surface area (Å²) in [6, 6.07) is 10.9. The van der Waals surface area contributed by atoms with Gasteiger partial charge in [0.15, 0.2) is 10.9 Å². The van der Waals surface area contributed by atoms with Crippen LogP contribution in [0.4, 0.5) is 5.00 Å². The smallest absolute Gasteiger partial charge is 0.293 e. The fourth-order valence-corrected chi connectivity index (χ4v) is 5.57. The largest absolute Gasteiger partial charge is 0.451 e. The quantitative estimate of drug-likeness (QED) is 0.417. The van der Waals surface area contributed by atoms with E-state index in [1.165, 1.54) is 11.3 Å². The summed E-state index contributed by atoms with van der Waals surface area (Å²) in [5.74, 6) is 0.305. The number of nitrogens with one attached hydrogen (secondary N) is 2. The van der Waals surface area contributed by atoms with Gasteiger partial charge in [0.05, 0.1) is 5.56 Å². The van der Waals surface area contributed by atoms with Crippen molar-refractivity contribution < 1.29 is 14.0 Å². The standard InChI is InChI=1S/C22H20BrN3O3S2/c1-11-2-7-14-17(10-11)31-21(18(14)19(24)27)26-22(30)25-20(28)16-9-8-15(29-16)12-3-5-13(23)6-4-12/h3-6,8-9,11H,2,7,10H2,1H3,(H2,24,27)(H2,25,26,28,30)/t11-/m0/s1. The second-order valence-corrected chi connectivity index (χ2v) is 9.93. The van der Waals surface area contributed by atoms with Gasteiger partial charge in [-0.25, -0.2) is 0 Å². The number of benzene rings is 1. The van der Waals surface area contributed by atoms with Gasteiger partial charge in [-0.3, -0.25) is 14.9 Å². The normalized spacial score (nSPS) is 15.2. The van der Waals surface area contributed by atoms with Crippen molar-refractivity contribution in [2.45, 2.75) is 26.2 Å². The number of hydrogen-bond acceptors (Lipinski definition) is 5. The number of hydrogen-bond donors (Lipinski definition) is 3. The average molecular weight is 518 g/mol. The fraction of sp³-hybridized carbons (Fsp3) is 0.227. The van der Waals surface area contributed by atoms with Gasteiger partial charge in [-0.15, -0.1) is 11.3 Å². The lowest BCUT2D eigenvalue weighted by atomic mass is 9.88. The van der Waals surface area contributed by atoms with E-state index in [0.717, 1.165) is 39.7 Å². The molecular formula is C22H20BrN3O3S2. The van der Waals surface area contributed by atoms with E-state index in [-0.39, 0.29) is 10.9 Å². The number of thiophene rings is 1. The molecule has 2 aromatic heterocycles. The Kier molecular flexibility index (Phi) is 6.27. The van der Waals surface area contributed by atoms with Crippen LogP contribution >= 0.6 is 39.5 Å². The minimum Gasteiger partial charge on any atom is -0.451 e. The number of rotatable bonds is 4. The number of nitrogens with two attached hydrogens (primary N) is 1. The van der Waals surface area contributed by atoms with Crippen molar-refractivity contribution in [2.75, 3.05) is 5.32 Å². The van der Waals surface area contributed by atoms with Gasteiger partial charge in [0.2, 0.25) is 0 Å². The molecule has 160 valence electrons. The summed E-state index contributed by atoms with van der Waals surface area (Å²) in [7, 11) is 0. The molecule has 2 amide bonds. The number of primary amides is 1. The molecule has 3 aromatic rings. The van der Waals surface area contributed by atoms with Crippen LogP contribution in [-0.2, 0) is 12.8 Å². The number of anilines is 1. The topological polar surface area (TPSA) is 97.4 Å². The van der Waals surface area contributed by atoms with E-state index < -0.39 is 11.8 Å². The number of carbonyl (C=O) groups excluding carboxylic acids is 2. The second-order valence-electron chi connectivity index (χ2n) is 7.50. The zero-order valence-corrected chi connectivity index (χ0v) is 19.9. The summed E-state index contributed by atoms with van der Waals surface area (Å²) in [6.45, 7) is 2.19. The van der Waals surface area contributed by atoms with Crippen LogP contribution < -0.4 is 16.4 Å². The van der Waals surface area contributed by atoms with Crippen LogP contribution in [0.1, 0.15) is 44.7 Å². The molecule has 1 aliphatic carbocycles. The molecule has 0 radical (unpaired) electrons. The molecule has 0 fully saturated rings. The first kappa shape index (κ1) is 21.7. The number of furan rings is 1. The summed E-state index contributed by atoms with van der Waals surface area (Å²) < 4.78 is 6.63. The van der Waals surface area contributed by atoms with Crippen molar-refractivity contribution in [1.82, 2.24) is 5.32 Å². The maximum atomic E-state index is 12.6. The summed E-state index contributed by atoms with van der Waals surface area (Å²) in [6.07, 6.45) is 2.74. The molecule has 1 aliphatic rings. The highest BCUT2D eigenvalue weighted by Gasteiger charge is 2.27. The first-order valence-corrected chi connectivity index (χ1v) is 11.8. The minimum atomic E-state index is -0.492. The van der Waals surface area contributed by atoms with Crippen molar-refractivity contribution in [3.8, 4) is 11.3 Å². The van der Waals surface area contributed by atoms with E-state index in [1.54, 1.807) is 12.1 Å². The summed E-state index contributed by atoms with van der Waals surface area (Å²) in [4.78, 5) is 25.8. The van der Waals surface area contributed by atoms with Gasteiger partial charge in [0.25, 0.3) is 11.8 Å². The fourth-order valence-electron chi connectivity index (χ4n) is 3.63. The molecular weight excluding hydrogens is 498 g/mol. The van der Waals surface area contributed by atoms with E-state index in [0.29, 0.717) is 22.2 Å². The highest BCUT2D eigenvalue weighted by Crippen LogP contribution is 2.39. The van der Waals surface area contributed by atoms with Crippen LogP contribution in [0.5, 0.6) is 0 Å². The van der Waals surface area contributed by atoms with Gasteiger partial charge in [-0.2, -0.15) is 0 Å². The van der Waals surface area contributed by atoms with E-state index in [2.05, 4.69) is 33.5 Å². The molecule has 0 unspecified atom stereocenters. The summed E-state index contributed by atoms with van der Waals surface area (Å²) >= 11 is 10.2. The molecule has 4 rings (SSSR count). The highest BCUT2D eigenvalue weighted by atomic mass is 79.9. The third-order valence-corrected chi connectivity index (χ3v) is 7.07. The molecule has 6 nitrogen and oxygen atoms in total. The van der Waals surface area contributed by atoms with Crippen molar-refractivity contribution in [3.63, 3.8) is 0 Å². The number of thiocarbonyl (C=S) groups is 1. The molecule has 0 spiro atoms. The Hall–Kier alpha value is -2.49. The summed E-state index contributed by atoms with van der Waals surface area (Å²) in [5, 5.41) is 6.25. The van der Waals surface area contributed by atoms with Crippen LogP contribution in [-0.4, -0.2) is 16.9 Å². The lowest BCUT2D eigenvalue weighted by Crippen LogP contribution is -2.34. The molecule has 0 aliphatic heterocycles. The maximum absolute atomic E-state index is 12.6. The Morgan fingerprint density at radius 3 is 2.68 bits per heavy atom. The number of carbonyl (C=O) groups is 2. The van der Waals surface area contributed by atoms with Gasteiger partial charge in [-0.05, 0) is 67.2 Å². The first-order chi connectivity index (χ1) is 14.8. The van der Waals surface area contributed by atoms with E-state index in [1.807, 2.05) is 24.3 Å². The predicted molar refractivity (Wildman–Crippen MR) is 130 cm³/mol. The lowest BCUT2D eigenvalue weighted by molar-refractivity contribution is 0.0950. The Morgan fingerprint density at radius 1 is 1.23 bits per heavy atom. The van der Waals surface area contributed by atoms with Gasteiger partial charge in [0, 0.05) is 14.9 Å². The lowest BCUT2D eigenvalue weighted by Gasteiger charge is -2.18. The van der Waals surface area contributed by atoms with Crippen LogP contribution in [0.25, 0.3) is 11.3 Å². The van der Waals surface area contributed by atoms with Crippen molar-refractivity contribution in [2.24, 2.45) is 11.7 Å². The Bertz CT molecular complexity index is 1170. The molecule has 2 heterocycles. The Morgan fingerprint density at radius 2 is 1.97 bits per heavy atom. The molecule has 0 bridgehead atoms. The maximum Gasteiger partial charge on any atom is 0.293 e. The highest BCUT2D eigenvalue weighted by molar-refractivity contribution is 9.10. The molecule has 9 heteroatoms. The molecule has 31 heavy (non-hydrogen) atoms. The number of amides is 2. The third-order valence-electron chi connectivity index (χ3n) is 5.17. The van der Waals surface area contributed by atoms with Crippen LogP contribution in [0.2, 0.25) is 0 Å². The minimum absolute atomic E-state index is 0.0840. The average Bonchev–Trinajstić information content (AvgIpc) is 3.33. The molecule has 1 aromatic carbocycles. The Labute approximate surface area is 197 Å². The van der Waals surface area contributed by atoms with Crippen molar-refractivity contribution >= 4 is 61.4 Å². The van der Waals surface area contributed by atoms with E-state index >= 15 is 0 Å². The summed E-state index contributed by atoms with van der Waals surface area (Å²) in [5.41, 5.74) is 7.96. The van der Waals surface area contributed by atoms with Crippen molar-refractivity contribution in [3.05, 3.63) is 62.6 Å². The van der Waals surface area contributed by atoms with Crippen LogP contribution in [0.15, 0.2) is 45.3 Å². The molecule has 1 atom stereocenters. The van der Waals surface area contributed by atoms with Crippen LogP contribution in [0.3, 0.4) is 0 Å². The number of fused-ring (bicyclic) bond motifs is 1. The zero-order valence-electron chi connectivity index (χ0n) is 16.7. The van der Waals surface area contributed by atoms with Crippen molar-refractivity contribution in [1.29, 1.82) is 0 Å². The second kappa shape index (κ2) is 8.94. The van der Waals surface area contributed by atoms with Gasteiger partial charge in [0.1, 0.15) is 10.8 Å². The Balaban J connectivity index is 1.46. The molecule has 0 saturated carbocycles. The van der Waals surface area contributed by atoms with E-state index in [4.69, 9.17) is 22.4 Å². The zero-order chi connectivity index (χ0) is 22.1. The van der Waals surface area contributed by atoms with Gasteiger partial charge in [-0.1, -0.05) is 35.0 Å². The first-order valence-electron chi connectivity index (χ1n) is 9.74. The van der Waals surface area contributed by atoms with Gasteiger partial charge < -0.3 is 15.5 Å². The monoisotopic (exact) mass is 517 g/mol. The molecule has 4 N–H and O–H groups in total. The predicted octanol–water partition coefficient (Wildman–Crippen LogP) is 5.12.